The van der Waals surface area contributed by atoms with Gasteiger partial charge in [-0.15, -0.1) is 0 Å². The maximum atomic E-state index is 12.4. The molecule has 0 aromatic heterocycles. The van der Waals surface area contributed by atoms with Crippen molar-refractivity contribution >= 4 is 40.8 Å². The van der Waals surface area contributed by atoms with E-state index < -0.39 is 12.1 Å². The molecule has 0 saturated carbocycles. The number of halogens is 2. The van der Waals surface area contributed by atoms with E-state index >= 15 is 0 Å². The van der Waals surface area contributed by atoms with Crippen molar-refractivity contribution in [3.8, 4) is 5.75 Å². The molecular weight excluding hydrogens is 469 g/mol. The molecule has 0 spiro atoms. The number of hydrogen-bond acceptors (Lipinski definition) is 5. The highest BCUT2D eigenvalue weighted by molar-refractivity contribution is 6.42. The van der Waals surface area contributed by atoms with E-state index in [0.29, 0.717) is 40.9 Å². The fourth-order valence-corrected chi connectivity index (χ4v) is 3.97. The average molecular weight is 496 g/mol. The van der Waals surface area contributed by atoms with Crippen LogP contribution in [0, 0.1) is 0 Å². The summed E-state index contributed by atoms with van der Waals surface area (Å²) in [7, 11) is 1.52. The molecule has 3 amide bonds. The van der Waals surface area contributed by atoms with Crippen LogP contribution in [0.3, 0.4) is 0 Å². The van der Waals surface area contributed by atoms with Gasteiger partial charge in [0.25, 0.3) is 0 Å². The summed E-state index contributed by atoms with van der Waals surface area (Å²) in [5, 5.41) is 19.1. The molecule has 3 atom stereocenters. The largest absolute Gasteiger partial charge is 0.495 e. The monoisotopic (exact) mass is 495 g/mol. The number of rotatable bonds is 8. The average Bonchev–Trinajstić information content (AvgIpc) is 2.81. The van der Waals surface area contributed by atoms with Gasteiger partial charge in [0, 0.05) is 6.54 Å². The van der Waals surface area contributed by atoms with Crippen LogP contribution in [-0.4, -0.2) is 49.0 Å². The van der Waals surface area contributed by atoms with Crippen molar-refractivity contribution in [3.05, 3.63) is 58.1 Å². The molecule has 1 aliphatic heterocycles. The van der Waals surface area contributed by atoms with Crippen LogP contribution in [-0.2, 0) is 16.1 Å². The Bertz CT molecular complexity index is 975. The van der Waals surface area contributed by atoms with Crippen molar-refractivity contribution in [2.75, 3.05) is 19.0 Å². The summed E-state index contributed by atoms with van der Waals surface area (Å²) >= 11 is 11.9. The molecule has 3 rings (SSSR count). The second-order valence-electron chi connectivity index (χ2n) is 7.69. The summed E-state index contributed by atoms with van der Waals surface area (Å²) in [6.07, 6.45) is 0.310. The number of ether oxygens (including phenoxy) is 2. The lowest BCUT2D eigenvalue weighted by Crippen LogP contribution is -2.52. The van der Waals surface area contributed by atoms with Gasteiger partial charge in [-0.1, -0.05) is 41.4 Å². The van der Waals surface area contributed by atoms with Crippen molar-refractivity contribution in [2.24, 2.45) is 0 Å². The molecule has 0 bridgehead atoms. The minimum Gasteiger partial charge on any atom is -0.495 e. The van der Waals surface area contributed by atoms with Crippen molar-refractivity contribution < 1.29 is 24.2 Å². The summed E-state index contributed by atoms with van der Waals surface area (Å²) < 4.78 is 11.1. The summed E-state index contributed by atoms with van der Waals surface area (Å²) in [5.74, 6) is 0.362. The molecule has 1 fully saturated rings. The quantitative estimate of drug-likeness (QED) is 0.446. The number of para-hydroxylation sites is 2. The predicted octanol–water partition coefficient (Wildman–Crippen LogP) is 3.74. The zero-order chi connectivity index (χ0) is 23.8. The van der Waals surface area contributed by atoms with Crippen LogP contribution in [0.4, 0.5) is 10.5 Å². The number of hydrogen-bond donors (Lipinski definition) is 4. The first kappa shape index (κ1) is 25.1. The second kappa shape index (κ2) is 12.1. The van der Waals surface area contributed by atoms with E-state index in [1.165, 1.54) is 7.11 Å². The first-order valence-corrected chi connectivity index (χ1v) is 11.3. The number of aliphatic hydroxyl groups is 1. The van der Waals surface area contributed by atoms with Crippen LogP contribution in [0.1, 0.15) is 24.8 Å². The molecule has 178 valence electrons. The van der Waals surface area contributed by atoms with Crippen LogP contribution in [0.5, 0.6) is 5.75 Å². The van der Waals surface area contributed by atoms with Crippen molar-refractivity contribution in [2.45, 2.75) is 44.1 Å². The Morgan fingerprint density at radius 1 is 1.15 bits per heavy atom. The molecule has 4 N–H and O–H groups in total. The van der Waals surface area contributed by atoms with Crippen LogP contribution in [0.2, 0.25) is 10.0 Å². The number of methoxy groups -OCH3 is 1. The molecule has 1 saturated heterocycles. The van der Waals surface area contributed by atoms with E-state index in [1.807, 2.05) is 0 Å². The number of nitrogens with one attached hydrogen (secondary N) is 3. The van der Waals surface area contributed by atoms with Gasteiger partial charge in [-0.3, -0.25) is 4.79 Å². The molecule has 1 heterocycles. The fraction of sp³-hybridized carbons (Fsp3) is 0.391. The summed E-state index contributed by atoms with van der Waals surface area (Å²) in [6, 6.07) is 11.4. The third-order valence-electron chi connectivity index (χ3n) is 5.35. The summed E-state index contributed by atoms with van der Waals surface area (Å²) in [5.41, 5.74) is 1.37. The van der Waals surface area contributed by atoms with Crippen LogP contribution in [0.25, 0.3) is 0 Å². The van der Waals surface area contributed by atoms with Gasteiger partial charge in [-0.25, -0.2) is 4.79 Å². The normalized spacial score (nSPS) is 20.1. The SMILES string of the molecule is COc1ccccc1NC(=O)N[C@H]1CC[C@H](CC(=O)NCc2ccc(Cl)c(Cl)c2)O[C@@H]1CO. The molecule has 1 aliphatic rings. The molecule has 0 unspecified atom stereocenters. The molecule has 0 aliphatic carbocycles. The van der Waals surface area contributed by atoms with Crippen LogP contribution >= 0.6 is 23.2 Å². The first-order valence-electron chi connectivity index (χ1n) is 10.6. The van der Waals surface area contributed by atoms with Gasteiger partial charge < -0.3 is 30.5 Å². The fourth-order valence-electron chi connectivity index (χ4n) is 3.65. The highest BCUT2D eigenvalue weighted by atomic mass is 35.5. The van der Waals surface area contributed by atoms with E-state index in [2.05, 4.69) is 16.0 Å². The number of urea groups is 1. The molecular formula is C23H27Cl2N3O5. The van der Waals surface area contributed by atoms with Crippen molar-refractivity contribution in [3.63, 3.8) is 0 Å². The molecule has 10 heteroatoms. The topological polar surface area (TPSA) is 109 Å². The van der Waals surface area contributed by atoms with Crippen LogP contribution < -0.4 is 20.7 Å². The lowest BCUT2D eigenvalue weighted by molar-refractivity contribution is -0.130. The van der Waals surface area contributed by atoms with E-state index in [-0.39, 0.29) is 31.1 Å². The maximum absolute atomic E-state index is 12.4. The van der Waals surface area contributed by atoms with Gasteiger partial charge in [-0.2, -0.15) is 0 Å². The maximum Gasteiger partial charge on any atom is 0.319 e. The van der Waals surface area contributed by atoms with Crippen molar-refractivity contribution in [1.29, 1.82) is 0 Å². The highest BCUT2D eigenvalue weighted by Crippen LogP contribution is 2.25. The number of benzene rings is 2. The van der Waals surface area contributed by atoms with E-state index in [9.17, 15) is 14.7 Å². The number of carbonyl (C=O) groups excluding carboxylic acids is 2. The summed E-state index contributed by atoms with van der Waals surface area (Å²) in [6.45, 7) is 0.0418. The zero-order valence-corrected chi connectivity index (χ0v) is 19.7. The molecule has 0 radical (unpaired) electrons. The Kier molecular flexibility index (Phi) is 9.20. The Morgan fingerprint density at radius 3 is 2.67 bits per heavy atom. The van der Waals surface area contributed by atoms with Gasteiger partial charge in [0.2, 0.25) is 5.91 Å². The van der Waals surface area contributed by atoms with Crippen molar-refractivity contribution in [1.82, 2.24) is 10.6 Å². The summed E-state index contributed by atoms with van der Waals surface area (Å²) in [4.78, 5) is 24.8. The zero-order valence-electron chi connectivity index (χ0n) is 18.1. The van der Waals surface area contributed by atoms with Gasteiger partial charge in [0.15, 0.2) is 0 Å². The van der Waals surface area contributed by atoms with Gasteiger partial charge in [0.1, 0.15) is 11.9 Å². The van der Waals surface area contributed by atoms with Gasteiger partial charge >= 0.3 is 6.03 Å². The van der Waals surface area contributed by atoms with Crippen LogP contribution in [0.15, 0.2) is 42.5 Å². The van der Waals surface area contributed by atoms with Gasteiger partial charge in [0.05, 0.1) is 48.0 Å². The Hall–Kier alpha value is -2.52. The third-order valence-corrected chi connectivity index (χ3v) is 6.09. The first-order chi connectivity index (χ1) is 15.9. The smallest absolute Gasteiger partial charge is 0.319 e. The third kappa shape index (κ3) is 7.23. The molecule has 2 aromatic rings. The van der Waals surface area contributed by atoms with E-state index in [1.54, 1.807) is 42.5 Å². The number of amides is 3. The number of carbonyl (C=O) groups is 2. The Balaban J connectivity index is 1.46. The number of anilines is 1. The van der Waals surface area contributed by atoms with Gasteiger partial charge in [-0.05, 0) is 42.7 Å². The minimum absolute atomic E-state index is 0.151. The van der Waals surface area contributed by atoms with E-state index in [4.69, 9.17) is 32.7 Å². The lowest BCUT2D eigenvalue weighted by atomic mass is 9.97. The number of aliphatic hydroxyl groups excluding tert-OH is 1. The van der Waals surface area contributed by atoms with E-state index in [0.717, 1.165) is 5.56 Å². The highest BCUT2D eigenvalue weighted by Gasteiger charge is 2.33. The minimum atomic E-state index is -0.616. The predicted molar refractivity (Wildman–Crippen MR) is 127 cm³/mol. The molecule has 8 nitrogen and oxygen atoms in total. The molecule has 33 heavy (non-hydrogen) atoms. The lowest BCUT2D eigenvalue weighted by Gasteiger charge is -2.36. The Labute approximate surface area is 202 Å². The Morgan fingerprint density at radius 2 is 1.94 bits per heavy atom. The second-order valence-corrected chi connectivity index (χ2v) is 8.51. The molecule has 2 aromatic carbocycles. The standard InChI is InChI=1S/C23H27Cl2N3O5/c1-32-20-5-3-2-4-18(20)27-23(31)28-19-9-7-15(33-21(19)13-29)11-22(30)26-12-14-6-8-16(24)17(25)10-14/h2-6,8,10,15,19,21,29H,7,9,11-13H2,1H3,(H,26,30)(H2,27,28,31)/t15-,19+,21-/m1/s1.